The highest BCUT2D eigenvalue weighted by molar-refractivity contribution is 7.07. The molecule has 128 valence electrons. The van der Waals surface area contributed by atoms with Crippen LogP contribution in [-0.2, 0) is 16.1 Å². The largest absolute Gasteiger partial charge is 0.481 e. The number of aromatic nitrogens is 3. The second-order valence-electron chi connectivity index (χ2n) is 6.22. The average molecular weight is 348 g/mol. The molecule has 0 radical (unpaired) electrons. The van der Waals surface area contributed by atoms with Crippen LogP contribution in [0.2, 0.25) is 0 Å². The zero-order valence-electron chi connectivity index (χ0n) is 13.4. The molecule has 3 atom stereocenters. The smallest absolute Gasteiger partial charge is 0.309 e. The maximum atomic E-state index is 12.5. The quantitative estimate of drug-likeness (QED) is 0.863. The molecular formula is C16H20N4O3S. The number of hydrogen-bond donors (Lipinski definition) is 1. The summed E-state index contributed by atoms with van der Waals surface area (Å²) in [5.41, 5.74) is 2.35. The number of carbonyl (C=O) groups excluding carboxylic acids is 1. The third-order valence-electron chi connectivity index (χ3n) is 4.34. The third kappa shape index (κ3) is 3.48. The van der Waals surface area contributed by atoms with Gasteiger partial charge in [0.2, 0.25) is 5.91 Å². The second kappa shape index (κ2) is 7.12. The van der Waals surface area contributed by atoms with Gasteiger partial charge in [0.1, 0.15) is 0 Å². The van der Waals surface area contributed by atoms with Crippen molar-refractivity contribution in [1.29, 1.82) is 0 Å². The number of carboxylic acids is 1. The maximum absolute atomic E-state index is 12.5. The van der Waals surface area contributed by atoms with E-state index in [-0.39, 0.29) is 18.2 Å². The van der Waals surface area contributed by atoms with Crippen molar-refractivity contribution >= 4 is 23.2 Å². The van der Waals surface area contributed by atoms with Crippen LogP contribution >= 0.6 is 11.3 Å². The zero-order valence-corrected chi connectivity index (χ0v) is 14.2. The number of rotatable bonds is 6. The number of thiazole rings is 1. The first kappa shape index (κ1) is 16.6. The molecule has 0 spiro atoms. The molecule has 0 bridgehead atoms. The lowest BCUT2D eigenvalue weighted by Crippen LogP contribution is -2.47. The Morgan fingerprint density at radius 2 is 2.33 bits per heavy atom. The number of aliphatic carboxylic acids is 1. The van der Waals surface area contributed by atoms with Crippen LogP contribution in [0, 0.1) is 11.8 Å². The van der Waals surface area contributed by atoms with E-state index in [1.165, 1.54) is 11.3 Å². The van der Waals surface area contributed by atoms with Crippen molar-refractivity contribution < 1.29 is 14.7 Å². The van der Waals surface area contributed by atoms with E-state index >= 15 is 0 Å². The van der Waals surface area contributed by atoms with Crippen molar-refractivity contribution in [3.63, 3.8) is 0 Å². The Hall–Kier alpha value is -2.22. The van der Waals surface area contributed by atoms with Gasteiger partial charge in [-0.2, -0.15) is 5.10 Å². The van der Waals surface area contributed by atoms with Gasteiger partial charge in [0.15, 0.2) is 0 Å². The van der Waals surface area contributed by atoms with Crippen LogP contribution in [0.3, 0.4) is 0 Å². The number of nitrogens with zero attached hydrogens (tertiary/aromatic N) is 4. The molecule has 1 aliphatic heterocycles. The number of hydrogen-bond acceptors (Lipinski definition) is 5. The molecule has 24 heavy (non-hydrogen) atoms. The molecule has 0 unspecified atom stereocenters. The lowest BCUT2D eigenvalue weighted by molar-refractivity contribution is -0.152. The zero-order chi connectivity index (χ0) is 17.1. The fraction of sp³-hybridized carbons (Fsp3) is 0.500. The van der Waals surface area contributed by atoms with Crippen molar-refractivity contribution in [3.05, 3.63) is 35.0 Å². The van der Waals surface area contributed by atoms with E-state index < -0.39 is 17.9 Å². The molecule has 3 heterocycles. The normalized spacial score (nSPS) is 22.5. The molecule has 3 rings (SSSR count). The van der Waals surface area contributed by atoms with E-state index in [0.29, 0.717) is 25.2 Å². The Balaban J connectivity index is 1.81. The SMILES string of the molecule is C[C@H](CN1C(=O)CC[C@H](C(=O)O)[C@@H]1c1cscn1)Cn1cccn1. The third-order valence-corrected chi connectivity index (χ3v) is 4.95. The van der Waals surface area contributed by atoms with Crippen molar-refractivity contribution in [2.75, 3.05) is 6.54 Å². The summed E-state index contributed by atoms with van der Waals surface area (Å²) in [6.45, 7) is 3.21. The molecule has 1 aliphatic rings. The van der Waals surface area contributed by atoms with Crippen LogP contribution in [0.25, 0.3) is 0 Å². The lowest BCUT2D eigenvalue weighted by atomic mass is 9.86. The molecule has 1 amide bonds. The molecule has 0 aromatic carbocycles. The number of carbonyl (C=O) groups is 2. The number of carboxylic acid groups (broad SMARTS) is 1. The van der Waals surface area contributed by atoms with Gasteiger partial charge in [0, 0.05) is 37.3 Å². The summed E-state index contributed by atoms with van der Waals surface area (Å²) in [6, 6.07) is 1.37. The van der Waals surface area contributed by atoms with Crippen molar-refractivity contribution in [3.8, 4) is 0 Å². The Kier molecular flexibility index (Phi) is 4.94. The fourth-order valence-corrected chi connectivity index (χ4v) is 3.86. The van der Waals surface area contributed by atoms with Crippen LogP contribution in [0.15, 0.2) is 29.4 Å². The fourth-order valence-electron chi connectivity index (χ4n) is 3.28. The van der Waals surface area contributed by atoms with Crippen LogP contribution < -0.4 is 0 Å². The Morgan fingerprint density at radius 3 is 2.96 bits per heavy atom. The number of amides is 1. The predicted octanol–water partition coefficient (Wildman–Crippen LogP) is 2.04. The summed E-state index contributed by atoms with van der Waals surface area (Å²) in [5.74, 6) is -1.33. The topological polar surface area (TPSA) is 88.3 Å². The summed E-state index contributed by atoms with van der Waals surface area (Å²) in [6.07, 6.45) is 4.23. The highest BCUT2D eigenvalue weighted by Crippen LogP contribution is 2.37. The molecule has 0 aliphatic carbocycles. The van der Waals surface area contributed by atoms with Gasteiger partial charge in [-0.1, -0.05) is 6.92 Å². The van der Waals surface area contributed by atoms with Crippen LogP contribution in [-0.4, -0.2) is 43.2 Å². The van der Waals surface area contributed by atoms with Crippen LogP contribution in [0.4, 0.5) is 0 Å². The molecule has 7 nitrogen and oxygen atoms in total. The van der Waals surface area contributed by atoms with Gasteiger partial charge >= 0.3 is 5.97 Å². The first-order valence-corrected chi connectivity index (χ1v) is 8.88. The minimum absolute atomic E-state index is 0.00202. The first-order valence-electron chi connectivity index (χ1n) is 7.94. The average Bonchev–Trinajstić information content (AvgIpc) is 3.22. The summed E-state index contributed by atoms with van der Waals surface area (Å²) in [7, 11) is 0. The van der Waals surface area contributed by atoms with Crippen molar-refractivity contribution in [2.24, 2.45) is 11.8 Å². The van der Waals surface area contributed by atoms with E-state index in [1.54, 1.807) is 16.6 Å². The monoisotopic (exact) mass is 348 g/mol. The molecule has 0 saturated carbocycles. The van der Waals surface area contributed by atoms with Gasteiger partial charge in [0.25, 0.3) is 0 Å². The molecule has 1 fully saturated rings. The first-order chi connectivity index (χ1) is 11.6. The standard InChI is InChI=1S/C16H20N4O3S/c1-11(7-19-6-2-5-18-19)8-20-14(21)4-3-12(16(22)23)15(20)13-9-24-10-17-13/h2,5-6,9-12,15H,3-4,7-8H2,1H3,(H,22,23)/t11-,12-,15+/m0/s1. The molecule has 1 N–H and O–H groups in total. The van der Waals surface area contributed by atoms with Crippen LogP contribution in [0.5, 0.6) is 0 Å². The second-order valence-corrected chi connectivity index (χ2v) is 6.94. The molecule has 8 heteroatoms. The van der Waals surface area contributed by atoms with E-state index in [2.05, 4.69) is 10.1 Å². The van der Waals surface area contributed by atoms with Gasteiger partial charge in [-0.15, -0.1) is 11.3 Å². The highest BCUT2D eigenvalue weighted by Gasteiger charge is 2.42. The van der Waals surface area contributed by atoms with Crippen molar-refractivity contribution in [1.82, 2.24) is 19.7 Å². The summed E-state index contributed by atoms with van der Waals surface area (Å²) < 4.78 is 1.83. The van der Waals surface area contributed by atoms with Gasteiger partial charge < -0.3 is 10.0 Å². The summed E-state index contributed by atoms with van der Waals surface area (Å²) in [4.78, 5) is 30.2. The van der Waals surface area contributed by atoms with Gasteiger partial charge in [0.05, 0.1) is 23.2 Å². The van der Waals surface area contributed by atoms with Crippen LogP contribution in [0.1, 0.15) is 31.5 Å². The minimum atomic E-state index is -0.870. The highest BCUT2D eigenvalue weighted by atomic mass is 32.1. The van der Waals surface area contributed by atoms with Crippen molar-refractivity contribution in [2.45, 2.75) is 32.4 Å². The Bertz CT molecular complexity index is 686. The summed E-state index contributed by atoms with van der Waals surface area (Å²) in [5, 5.41) is 15.6. The molecule has 1 saturated heterocycles. The lowest BCUT2D eigenvalue weighted by Gasteiger charge is -2.40. The molecule has 2 aromatic rings. The van der Waals surface area contributed by atoms with E-state index in [9.17, 15) is 14.7 Å². The minimum Gasteiger partial charge on any atom is -0.481 e. The molecule has 2 aromatic heterocycles. The van der Waals surface area contributed by atoms with Gasteiger partial charge in [-0.25, -0.2) is 4.98 Å². The summed E-state index contributed by atoms with van der Waals surface area (Å²) >= 11 is 1.42. The number of likely N-dealkylation sites (tertiary alicyclic amines) is 1. The number of piperidine rings is 1. The Morgan fingerprint density at radius 1 is 1.50 bits per heavy atom. The van der Waals surface area contributed by atoms with E-state index in [1.807, 2.05) is 29.2 Å². The van der Waals surface area contributed by atoms with E-state index in [4.69, 9.17) is 0 Å². The van der Waals surface area contributed by atoms with Gasteiger partial charge in [-0.3, -0.25) is 14.3 Å². The maximum Gasteiger partial charge on any atom is 0.309 e. The van der Waals surface area contributed by atoms with E-state index in [0.717, 1.165) is 0 Å². The van der Waals surface area contributed by atoms with Gasteiger partial charge in [-0.05, 0) is 18.4 Å². The predicted molar refractivity (Wildman–Crippen MR) is 88.3 cm³/mol. The Labute approximate surface area is 143 Å². The molecular weight excluding hydrogens is 328 g/mol.